The molecule has 0 spiro atoms. The maximum Gasteiger partial charge on any atom is 0.227 e. The fourth-order valence-electron chi connectivity index (χ4n) is 2.49. The Kier molecular flexibility index (Phi) is 5.40. The molecule has 5 heteroatoms. The highest BCUT2D eigenvalue weighted by atomic mass is 35.5. The lowest BCUT2D eigenvalue weighted by Gasteiger charge is -2.34. The van der Waals surface area contributed by atoms with Crippen LogP contribution in [0.2, 0.25) is 5.02 Å². The Labute approximate surface area is 124 Å². The second-order valence-corrected chi connectivity index (χ2v) is 5.67. The maximum atomic E-state index is 12.3. The number of nitrogens with two attached hydrogens (primary N) is 1. The number of carbonyl (C=O) groups is 1. The molecule has 1 saturated heterocycles. The van der Waals surface area contributed by atoms with Crippen molar-refractivity contribution in [3.05, 3.63) is 34.9 Å². The fourth-order valence-corrected chi connectivity index (χ4v) is 2.70. The molecule has 2 rings (SSSR count). The summed E-state index contributed by atoms with van der Waals surface area (Å²) in [6.07, 6.45) is 2.17. The van der Waals surface area contributed by atoms with Crippen LogP contribution in [0.3, 0.4) is 0 Å². The number of amides is 1. The van der Waals surface area contributed by atoms with Gasteiger partial charge in [0.1, 0.15) is 0 Å². The van der Waals surface area contributed by atoms with Gasteiger partial charge in [0.15, 0.2) is 0 Å². The van der Waals surface area contributed by atoms with E-state index in [1.165, 1.54) is 0 Å². The van der Waals surface area contributed by atoms with E-state index >= 15 is 0 Å². The van der Waals surface area contributed by atoms with Crippen molar-refractivity contribution in [1.82, 2.24) is 5.32 Å². The molecule has 1 aromatic carbocycles. The Morgan fingerprint density at radius 1 is 1.40 bits per heavy atom. The number of nitrogens with one attached hydrogen (secondary N) is 1. The monoisotopic (exact) mass is 296 g/mol. The number of halogens is 1. The molecule has 0 radical (unpaired) electrons. The van der Waals surface area contributed by atoms with Crippen molar-refractivity contribution in [1.29, 1.82) is 0 Å². The van der Waals surface area contributed by atoms with Gasteiger partial charge in [-0.05, 0) is 37.0 Å². The third kappa shape index (κ3) is 3.72. The van der Waals surface area contributed by atoms with Crippen LogP contribution in [0.4, 0.5) is 0 Å². The van der Waals surface area contributed by atoms with Crippen LogP contribution >= 0.6 is 11.6 Å². The van der Waals surface area contributed by atoms with Crippen molar-refractivity contribution in [3.8, 4) is 0 Å². The molecule has 0 atom stereocenters. The summed E-state index contributed by atoms with van der Waals surface area (Å²) >= 11 is 5.93. The highest BCUT2D eigenvalue weighted by Gasteiger charge is 2.38. The Hall–Kier alpha value is -1.10. The minimum atomic E-state index is -0.452. The fraction of sp³-hybridized carbons (Fsp3) is 0.533. The van der Waals surface area contributed by atoms with E-state index in [2.05, 4.69) is 5.32 Å². The minimum absolute atomic E-state index is 0.0466. The zero-order valence-corrected chi connectivity index (χ0v) is 12.3. The first-order chi connectivity index (χ1) is 9.66. The molecule has 20 heavy (non-hydrogen) atoms. The first-order valence-corrected chi connectivity index (χ1v) is 7.35. The molecule has 0 bridgehead atoms. The summed E-state index contributed by atoms with van der Waals surface area (Å²) in [7, 11) is 0. The molecule has 1 amide bonds. The number of carbonyl (C=O) groups excluding carboxylic acids is 1. The van der Waals surface area contributed by atoms with E-state index in [4.69, 9.17) is 22.1 Å². The summed E-state index contributed by atoms with van der Waals surface area (Å²) in [4.78, 5) is 12.3. The van der Waals surface area contributed by atoms with Gasteiger partial charge in [0.05, 0.1) is 5.41 Å². The van der Waals surface area contributed by atoms with E-state index in [9.17, 15) is 4.79 Å². The largest absolute Gasteiger partial charge is 0.381 e. The predicted molar refractivity (Wildman–Crippen MR) is 79.7 cm³/mol. The van der Waals surface area contributed by atoms with Crippen LogP contribution in [-0.2, 0) is 16.0 Å². The summed E-state index contributed by atoms with van der Waals surface area (Å²) in [5, 5.41) is 3.71. The Morgan fingerprint density at radius 3 is 2.80 bits per heavy atom. The molecule has 0 aliphatic carbocycles. The molecule has 1 heterocycles. The summed E-state index contributed by atoms with van der Waals surface area (Å²) < 4.78 is 5.31. The summed E-state index contributed by atoms with van der Waals surface area (Å²) in [5.41, 5.74) is 6.47. The van der Waals surface area contributed by atoms with Crippen LogP contribution in [0, 0.1) is 5.41 Å². The topological polar surface area (TPSA) is 64.4 Å². The molecule has 0 aromatic heterocycles. The van der Waals surface area contributed by atoms with Gasteiger partial charge in [0.2, 0.25) is 5.91 Å². The van der Waals surface area contributed by atoms with Gasteiger partial charge in [-0.15, -0.1) is 0 Å². The molecule has 1 aromatic rings. The molecule has 1 aliphatic rings. The standard InChI is InChI=1S/C15H21ClN2O2/c16-13-3-1-2-12(10-13)4-7-18-14(19)15(11-17)5-8-20-9-6-15/h1-3,10H,4-9,11,17H2,(H,18,19). The number of benzene rings is 1. The van der Waals surface area contributed by atoms with E-state index in [1.807, 2.05) is 24.3 Å². The molecular formula is C15H21ClN2O2. The summed E-state index contributed by atoms with van der Waals surface area (Å²) in [6.45, 7) is 2.19. The normalized spacial score (nSPS) is 17.7. The van der Waals surface area contributed by atoms with Crippen LogP contribution in [-0.4, -0.2) is 32.2 Å². The number of rotatable bonds is 5. The van der Waals surface area contributed by atoms with Crippen molar-refractivity contribution < 1.29 is 9.53 Å². The molecule has 4 nitrogen and oxygen atoms in total. The van der Waals surface area contributed by atoms with Crippen LogP contribution in [0.5, 0.6) is 0 Å². The first-order valence-electron chi connectivity index (χ1n) is 6.97. The Morgan fingerprint density at radius 2 is 2.15 bits per heavy atom. The van der Waals surface area contributed by atoms with Gasteiger partial charge in [-0.2, -0.15) is 0 Å². The number of hydrogen-bond donors (Lipinski definition) is 2. The second kappa shape index (κ2) is 7.07. The lowest BCUT2D eigenvalue weighted by atomic mass is 9.79. The van der Waals surface area contributed by atoms with Gasteiger partial charge in [-0.3, -0.25) is 4.79 Å². The van der Waals surface area contributed by atoms with Crippen molar-refractivity contribution in [2.24, 2.45) is 11.1 Å². The van der Waals surface area contributed by atoms with Crippen molar-refractivity contribution in [2.45, 2.75) is 19.3 Å². The lowest BCUT2D eigenvalue weighted by Crippen LogP contribution is -2.49. The van der Waals surface area contributed by atoms with Crippen LogP contribution in [0.15, 0.2) is 24.3 Å². The lowest BCUT2D eigenvalue weighted by molar-refractivity contribution is -0.135. The van der Waals surface area contributed by atoms with Gasteiger partial charge in [0, 0.05) is 31.3 Å². The quantitative estimate of drug-likeness (QED) is 0.870. The zero-order valence-electron chi connectivity index (χ0n) is 11.5. The van der Waals surface area contributed by atoms with Crippen molar-refractivity contribution >= 4 is 17.5 Å². The van der Waals surface area contributed by atoms with Crippen LogP contribution < -0.4 is 11.1 Å². The number of ether oxygens (including phenoxy) is 1. The van der Waals surface area contributed by atoms with E-state index < -0.39 is 5.41 Å². The third-order valence-corrected chi connectivity index (χ3v) is 4.15. The molecular weight excluding hydrogens is 276 g/mol. The minimum Gasteiger partial charge on any atom is -0.381 e. The third-order valence-electron chi connectivity index (χ3n) is 3.91. The molecule has 1 aliphatic heterocycles. The summed E-state index contributed by atoms with van der Waals surface area (Å²) in [6, 6.07) is 7.68. The van der Waals surface area contributed by atoms with Gasteiger partial charge < -0.3 is 15.8 Å². The highest BCUT2D eigenvalue weighted by molar-refractivity contribution is 6.30. The second-order valence-electron chi connectivity index (χ2n) is 5.23. The van der Waals surface area contributed by atoms with E-state index in [0.717, 1.165) is 17.0 Å². The first kappa shape index (κ1) is 15.3. The molecule has 1 fully saturated rings. The zero-order chi connectivity index (χ0) is 14.4. The smallest absolute Gasteiger partial charge is 0.227 e. The van der Waals surface area contributed by atoms with Gasteiger partial charge in [0.25, 0.3) is 0 Å². The van der Waals surface area contributed by atoms with Gasteiger partial charge >= 0.3 is 0 Å². The van der Waals surface area contributed by atoms with Crippen LogP contribution in [0.25, 0.3) is 0 Å². The molecule has 110 valence electrons. The Bertz CT molecular complexity index is 459. The predicted octanol–water partition coefficient (Wildman–Crippen LogP) is 1.75. The molecule has 0 saturated carbocycles. The van der Waals surface area contributed by atoms with E-state index in [0.29, 0.717) is 39.1 Å². The summed E-state index contributed by atoms with van der Waals surface area (Å²) in [5.74, 6) is 0.0466. The molecule has 0 unspecified atom stereocenters. The average Bonchev–Trinajstić information content (AvgIpc) is 2.48. The Balaban J connectivity index is 1.85. The maximum absolute atomic E-state index is 12.3. The average molecular weight is 297 g/mol. The van der Waals surface area contributed by atoms with Gasteiger partial charge in [-0.25, -0.2) is 0 Å². The number of hydrogen-bond acceptors (Lipinski definition) is 3. The van der Waals surface area contributed by atoms with Crippen LogP contribution in [0.1, 0.15) is 18.4 Å². The van der Waals surface area contributed by atoms with Crippen molar-refractivity contribution in [2.75, 3.05) is 26.3 Å². The highest BCUT2D eigenvalue weighted by Crippen LogP contribution is 2.29. The molecule has 3 N–H and O–H groups in total. The van der Waals surface area contributed by atoms with Gasteiger partial charge in [-0.1, -0.05) is 23.7 Å². The van der Waals surface area contributed by atoms with E-state index in [1.54, 1.807) is 0 Å². The van der Waals surface area contributed by atoms with Crippen molar-refractivity contribution in [3.63, 3.8) is 0 Å². The van der Waals surface area contributed by atoms with E-state index in [-0.39, 0.29) is 5.91 Å². The SMILES string of the molecule is NCC1(C(=O)NCCc2cccc(Cl)c2)CCOCC1.